The third-order valence-electron chi connectivity index (χ3n) is 8.75. The summed E-state index contributed by atoms with van der Waals surface area (Å²) in [5, 5.41) is 14.6. The van der Waals surface area contributed by atoms with Crippen molar-refractivity contribution in [2.75, 3.05) is 11.1 Å². The zero-order valence-corrected chi connectivity index (χ0v) is 22.8. The summed E-state index contributed by atoms with van der Waals surface area (Å²) in [5.74, 6) is 4.65. The first-order valence-corrected chi connectivity index (χ1v) is 15.6. The number of amides is 1. The molecule has 4 saturated carbocycles. The Bertz CT molecular complexity index is 1280. The topological polar surface area (TPSA) is 80.7 Å². The van der Waals surface area contributed by atoms with Gasteiger partial charge in [-0.3, -0.25) is 10.1 Å². The Balaban J connectivity index is 1.25. The predicted molar refractivity (Wildman–Crippen MR) is 142 cm³/mol. The van der Waals surface area contributed by atoms with Gasteiger partial charge in [-0.1, -0.05) is 30.0 Å². The zero-order valence-electron chi connectivity index (χ0n) is 20.3. The first-order chi connectivity index (χ1) is 16.9. The molecule has 35 heavy (non-hydrogen) atoms. The van der Waals surface area contributed by atoms with Crippen LogP contribution < -0.4 is 5.32 Å². The maximum absolute atomic E-state index is 12.8. The van der Waals surface area contributed by atoms with E-state index in [9.17, 15) is 4.79 Å². The van der Waals surface area contributed by atoms with Crippen molar-refractivity contribution in [1.29, 1.82) is 0 Å². The number of nitrogens with one attached hydrogen (secondary N) is 1. The van der Waals surface area contributed by atoms with Gasteiger partial charge in [0.25, 0.3) is 0 Å². The molecule has 8 rings (SSSR count). The monoisotopic (exact) mass is 525 g/mol. The molecule has 1 amide bonds. The van der Waals surface area contributed by atoms with Crippen LogP contribution in [-0.4, -0.2) is 31.8 Å². The smallest absolute Gasteiger partial charge is 0.236 e. The fraction of sp³-hybridized carbons (Fsp3) is 0.654. The molecule has 5 aliphatic rings. The third-order valence-corrected chi connectivity index (χ3v) is 11.6. The summed E-state index contributed by atoms with van der Waals surface area (Å²) in [6.07, 6.45) is 11.5. The number of carbonyl (C=O) groups excluding carboxylic acids is 1. The third kappa shape index (κ3) is 4.02. The van der Waals surface area contributed by atoms with Crippen LogP contribution in [0.3, 0.4) is 0 Å². The number of aromatic nitrogens is 4. The van der Waals surface area contributed by atoms with E-state index in [0.717, 1.165) is 57.2 Å². The van der Waals surface area contributed by atoms with E-state index < -0.39 is 0 Å². The number of rotatable bonds is 5. The van der Waals surface area contributed by atoms with Crippen LogP contribution in [-0.2, 0) is 23.1 Å². The predicted octanol–water partition coefficient (Wildman–Crippen LogP) is 6.17. The molecule has 4 bridgehead atoms. The van der Waals surface area contributed by atoms with Gasteiger partial charge in [-0.2, -0.15) is 0 Å². The average molecular weight is 526 g/mol. The van der Waals surface area contributed by atoms with Gasteiger partial charge in [0, 0.05) is 15.7 Å². The van der Waals surface area contributed by atoms with Crippen LogP contribution in [0.2, 0.25) is 0 Å². The highest BCUT2D eigenvalue weighted by Gasteiger charge is 2.53. The molecule has 184 valence electrons. The Hall–Kier alpha value is -1.58. The van der Waals surface area contributed by atoms with Gasteiger partial charge >= 0.3 is 0 Å². The normalized spacial score (nSPS) is 31.1. The van der Waals surface area contributed by atoms with Crippen molar-refractivity contribution >= 4 is 55.7 Å². The van der Waals surface area contributed by atoms with Crippen molar-refractivity contribution in [3.8, 4) is 0 Å². The quantitative estimate of drug-likeness (QED) is 0.317. The highest BCUT2D eigenvalue weighted by Crippen LogP contribution is 2.60. The second-order valence-corrected chi connectivity index (χ2v) is 14.8. The number of nitrogens with zero attached hydrogens (tertiary/aromatic N) is 4. The van der Waals surface area contributed by atoms with E-state index in [0.29, 0.717) is 10.9 Å². The molecule has 1 atom stereocenters. The van der Waals surface area contributed by atoms with Crippen molar-refractivity contribution < 1.29 is 4.79 Å². The van der Waals surface area contributed by atoms with Gasteiger partial charge in [-0.25, -0.2) is 9.97 Å². The summed E-state index contributed by atoms with van der Waals surface area (Å²) in [7, 11) is 0. The SMILES string of the molecule is Cc1nnc(NC(=O)CSc2nc(C34CC5CC(CC(C5)C3)C4)nc3sc4c(c23)CCC(C)C4)s1. The molecular weight excluding hydrogens is 495 g/mol. The largest absolute Gasteiger partial charge is 0.300 e. The Labute approximate surface area is 218 Å². The molecule has 0 aromatic carbocycles. The summed E-state index contributed by atoms with van der Waals surface area (Å²) in [5.41, 5.74) is 1.60. The first kappa shape index (κ1) is 22.6. The number of hydrogen-bond acceptors (Lipinski definition) is 8. The van der Waals surface area contributed by atoms with E-state index >= 15 is 0 Å². The molecule has 4 fully saturated rings. The molecular formula is C26H31N5OS3. The van der Waals surface area contributed by atoms with Crippen molar-refractivity contribution in [3.05, 3.63) is 21.3 Å². The Morgan fingerprint density at radius 2 is 1.83 bits per heavy atom. The van der Waals surface area contributed by atoms with Crippen LogP contribution in [0, 0.1) is 30.6 Å². The maximum Gasteiger partial charge on any atom is 0.236 e. The van der Waals surface area contributed by atoms with Gasteiger partial charge in [0.2, 0.25) is 11.0 Å². The summed E-state index contributed by atoms with van der Waals surface area (Å²) in [6.45, 7) is 4.25. The minimum absolute atomic E-state index is 0.0491. The van der Waals surface area contributed by atoms with Gasteiger partial charge in [0.1, 0.15) is 20.7 Å². The first-order valence-electron chi connectivity index (χ1n) is 13.0. The fourth-order valence-corrected chi connectivity index (χ4v) is 10.6. The van der Waals surface area contributed by atoms with Crippen LogP contribution in [0.25, 0.3) is 10.2 Å². The molecule has 1 N–H and O–H groups in total. The van der Waals surface area contributed by atoms with Crippen LogP contribution in [0.4, 0.5) is 5.13 Å². The zero-order chi connectivity index (χ0) is 23.7. The second-order valence-electron chi connectivity index (χ2n) is 11.5. The van der Waals surface area contributed by atoms with E-state index in [1.54, 1.807) is 11.8 Å². The molecule has 0 spiro atoms. The van der Waals surface area contributed by atoms with Crippen LogP contribution in [0.1, 0.15) is 73.1 Å². The van der Waals surface area contributed by atoms with Crippen LogP contribution in [0.5, 0.6) is 0 Å². The van der Waals surface area contributed by atoms with Gasteiger partial charge in [-0.05, 0) is 93.9 Å². The molecule has 0 aliphatic heterocycles. The summed E-state index contributed by atoms with van der Waals surface area (Å²) in [4.78, 5) is 26.1. The minimum Gasteiger partial charge on any atom is -0.300 e. The highest BCUT2D eigenvalue weighted by atomic mass is 32.2. The minimum atomic E-state index is -0.0491. The van der Waals surface area contributed by atoms with Gasteiger partial charge in [-0.15, -0.1) is 21.5 Å². The van der Waals surface area contributed by atoms with Gasteiger partial charge < -0.3 is 0 Å². The lowest BCUT2D eigenvalue weighted by Crippen LogP contribution is -2.49. The van der Waals surface area contributed by atoms with Crippen LogP contribution >= 0.6 is 34.4 Å². The van der Waals surface area contributed by atoms with E-state index in [2.05, 4.69) is 22.4 Å². The molecule has 0 saturated heterocycles. The molecule has 1 unspecified atom stereocenters. The number of thioether (sulfide) groups is 1. The highest BCUT2D eigenvalue weighted by molar-refractivity contribution is 8.00. The number of anilines is 1. The number of fused-ring (bicyclic) bond motifs is 3. The van der Waals surface area contributed by atoms with E-state index in [-0.39, 0.29) is 11.3 Å². The molecule has 9 heteroatoms. The van der Waals surface area contributed by atoms with E-state index in [1.807, 2.05) is 18.3 Å². The maximum atomic E-state index is 12.8. The van der Waals surface area contributed by atoms with Crippen molar-refractivity contribution in [1.82, 2.24) is 20.2 Å². The van der Waals surface area contributed by atoms with Crippen molar-refractivity contribution in [2.24, 2.45) is 23.7 Å². The molecule has 3 aromatic rings. The van der Waals surface area contributed by atoms with Gasteiger partial charge in [0.15, 0.2) is 0 Å². The average Bonchev–Trinajstić information content (AvgIpc) is 3.38. The Morgan fingerprint density at radius 1 is 1.09 bits per heavy atom. The van der Waals surface area contributed by atoms with Crippen molar-refractivity contribution in [2.45, 2.75) is 82.1 Å². The lowest BCUT2D eigenvalue weighted by molar-refractivity contribution is -0.113. The standard InChI is InChI=1S/C26H31N5OS3/c1-13-3-4-18-19(5-13)35-23-21(18)22(33-12-20(32)27-25-31-30-14(2)34-25)28-24(29-23)26-9-15-6-16(10-26)8-17(7-15)11-26/h13,15-17H,3-12H2,1-2H3,(H,27,31,32). The second kappa shape index (κ2) is 8.48. The lowest BCUT2D eigenvalue weighted by atomic mass is 9.49. The summed E-state index contributed by atoms with van der Waals surface area (Å²) < 4.78 is 0. The lowest BCUT2D eigenvalue weighted by Gasteiger charge is -2.56. The number of aryl methyl sites for hydroxylation is 2. The number of hydrogen-bond donors (Lipinski definition) is 1. The number of carbonyl (C=O) groups is 1. The molecule has 5 aliphatic carbocycles. The summed E-state index contributed by atoms with van der Waals surface area (Å²) >= 11 is 4.88. The van der Waals surface area contributed by atoms with Gasteiger partial charge in [0.05, 0.1) is 5.75 Å². The van der Waals surface area contributed by atoms with E-state index in [4.69, 9.17) is 9.97 Å². The molecule has 3 heterocycles. The summed E-state index contributed by atoms with van der Waals surface area (Å²) in [6, 6.07) is 0. The Morgan fingerprint density at radius 3 is 2.51 bits per heavy atom. The fourth-order valence-electron chi connectivity index (χ4n) is 7.67. The molecule has 6 nitrogen and oxygen atoms in total. The molecule has 0 radical (unpaired) electrons. The molecule has 3 aromatic heterocycles. The van der Waals surface area contributed by atoms with Crippen LogP contribution in [0.15, 0.2) is 5.03 Å². The van der Waals surface area contributed by atoms with Crippen molar-refractivity contribution in [3.63, 3.8) is 0 Å². The van der Waals surface area contributed by atoms with E-state index in [1.165, 1.54) is 72.1 Å². The Kier molecular flexibility index (Phi) is 5.48. The number of thiophene rings is 1.